The van der Waals surface area contributed by atoms with Gasteiger partial charge in [-0.15, -0.1) is 5.10 Å². The van der Waals surface area contributed by atoms with Crippen molar-refractivity contribution < 1.29 is 13.9 Å². The molecule has 2 saturated heterocycles. The lowest BCUT2D eigenvalue weighted by Gasteiger charge is -2.28. The fraction of sp³-hybridized carbons (Fsp3) is 0.333. The second-order valence-corrected chi connectivity index (χ2v) is 10.4. The average molecular weight is 533 g/mol. The summed E-state index contributed by atoms with van der Waals surface area (Å²) < 4.78 is 24.1. The van der Waals surface area contributed by atoms with Crippen LogP contribution in [0.15, 0.2) is 54.0 Å². The Labute approximate surface area is 220 Å². The van der Waals surface area contributed by atoms with Crippen molar-refractivity contribution in [3.63, 3.8) is 0 Å². The molecule has 2 aromatic heterocycles. The van der Waals surface area contributed by atoms with Crippen LogP contribution in [0, 0.1) is 29.0 Å². The maximum atomic E-state index is 15.2. The number of pyridine rings is 1. The number of cyclic esters (lactones) is 1. The largest absolute Gasteiger partial charge is 0.442 e. The SMILES string of the molecule is N#CC1(c2ccc(-c3ccc(N4C[C@H](Cn5ccnn5)OC4=O)cc3F)cn2)[C@@H]2CN(N3NN=CS3)C[C@@H]21. The van der Waals surface area contributed by atoms with E-state index >= 15 is 4.39 Å². The van der Waals surface area contributed by atoms with Gasteiger partial charge in [-0.1, -0.05) is 15.8 Å². The number of amides is 1. The molecule has 0 spiro atoms. The monoisotopic (exact) mass is 532 g/mol. The average Bonchev–Trinajstić information content (AvgIpc) is 3.61. The molecular weight excluding hydrogens is 511 g/mol. The molecule has 38 heavy (non-hydrogen) atoms. The Morgan fingerprint density at radius 1 is 1.24 bits per heavy atom. The third-order valence-corrected chi connectivity index (χ3v) is 8.36. The number of rotatable bonds is 6. The Kier molecular flexibility index (Phi) is 5.32. The first-order chi connectivity index (χ1) is 18.6. The zero-order valence-electron chi connectivity index (χ0n) is 19.9. The molecule has 4 atom stereocenters. The molecule has 3 aliphatic heterocycles. The van der Waals surface area contributed by atoms with Crippen LogP contribution in [0.1, 0.15) is 5.69 Å². The van der Waals surface area contributed by atoms with Crippen LogP contribution in [-0.4, -0.2) is 66.9 Å². The Morgan fingerprint density at radius 3 is 2.76 bits per heavy atom. The predicted octanol–water partition coefficient (Wildman–Crippen LogP) is 2.15. The fourth-order valence-electron chi connectivity index (χ4n) is 5.73. The first-order valence-corrected chi connectivity index (χ1v) is 12.9. The number of piperidine rings is 1. The molecule has 12 nitrogen and oxygen atoms in total. The van der Waals surface area contributed by atoms with Crippen molar-refractivity contribution in [1.82, 2.24) is 35.0 Å². The van der Waals surface area contributed by atoms with Crippen LogP contribution in [-0.2, 0) is 16.7 Å². The predicted molar refractivity (Wildman–Crippen MR) is 134 cm³/mol. The van der Waals surface area contributed by atoms with Crippen LogP contribution in [0.2, 0.25) is 0 Å². The van der Waals surface area contributed by atoms with Crippen molar-refractivity contribution in [2.75, 3.05) is 24.5 Å². The van der Waals surface area contributed by atoms with E-state index < -0.39 is 23.4 Å². The van der Waals surface area contributed by atoms with Crippen LogP contribution < -0.4 is 10.4 Å². The number of fused-ring (bicyclic) bond motifs is 1. The number of nitrogens with one attached hydrogen (secondary N) is 1. The first kappa shape index (κ1) is 23.1. The zero-order valence-corrected chi connectivity index (χ0v) is 20.7. The van der Waals surface area contributed by atoms with Crippen LogP contribution in [0.3, 0.4) is 0 Å². The molecule has 192 valence electrons. The summed E-state index contributed by atoms with van der Waals surface area (Å²) in [5.41, 5.74) is 6.11. The molecule has 5 heterocycles. The van der Waals surface area contributed by atoms with Crippen LogP contribution in [0.25, 0.3) is 11.1 Å². The number of nitrogens with zero attached hydrogens (tertiary/aromatic N) is 9. The lowest BCUT2D eigenvalue weighted by Crippen LogP contribution is -2.44. The summed E-state index contributed by atoms with van der Waals surface area (Å²) in [5, 5.41) is 23.8. The second kappa shape index (κ2) is 8.76. The molecule has 1 aliphatic carbocycles. The number of anilines is 1. The molecule has 1 unspecified atom stereocenters. The van der Waals surface area contributed by atoms with Gasteiger partial charge in [0.05, 0.1) is 42.3 Å². The van der Waals surface area contributed by atoms with Crippen molar-refractivity contribution in [3.05, 3.63) is 60.4 Å². The second-order valence-electron chi connectivity index (χ2n) is 9.62. The molecule has 1 aromatic carbocycles. The maximum Gasteiger partial charge on any atom is 0.414 e. The zero-order chi connectivity index (χ0) is 25.9. The van der Waals surface area contributed by atoms with E-state index in [0.29, 0.717) is 29.1 Å². The molecular formula is C24H21FN10O2S. The first-order valence-electron chi connectivity index (χ1n) is 12.1. The van der Waals surface area contributed by atoms with E-state index in [1.54, 1.807) is 47.0 Å². The Balaban J connectivity index is 1.05. The van der Waals surface area contributed by atoms with Gasteiger partial charge in [0.15, 0.2) is 0 Å². The summed E-state index contributed by atoms with van der Waals surface area (Å²) in [6, 6.07) is 10.8. The Hall–Kier alpha value is -4.06. The summed E-state index contributed by atoms with van der Waals surface area (Å²) in [6.07, 6.45) is 3.91. The van der Waals surface area contributed by atoms with E-state index in [0.717, 1.165) is 13.1 Å². The number of halogens is 1. The highest BCUT2D eigenvalue weighted by Crippen LogP contribution is 2.63. The topological polar surface area (TPSA) is 128 Å². The summed E-state index contributed by atoms with van der Waals surface area (Å²) >= 11 is 1.46. The van der Waals surface area contributed by atoms with Gasteiger partial charge in [-0.2, -0.15) is 10.4 Å². The molecule has 1 amide bonds. The van der Waals surface area contributed by atoms with Crippen LogP contribution >= 0.6 is 11.9 Å². The van der Waals surface area contributed by atoms with Gasteiger partial charge in [-0.05, 0) is 24.3 Å². The van der Waals surface area contributed by atoms with Gasteiger partial charge in [0.2, 0.25) is 0 Å². The van der Waals surface area contributed by atoms with E-state index in [9.17, 15) is 10.1 Å². The number of ether oxygens (including phenoxy) is 1. The molecule has 0 radical (unpaired) electrons. The standard InChI is InChI=1S/C24H21FN10O2S/c25-21-7-16(34-10-17(37-23(34)36)9-32-6-5-28-30-32)2-3-18(21)15-1-4-22(27-8-15)24(13-26)19-11-33(12-20(19)24)35-31-29-14-38-35/h1-8,14,17,19-20,31H,9-12H2/t17-,19-,20+,24?/m0/s1. The van der Waals surface area contributed by atoms with Crippen molar-refractivity contribution in [3.8, 4) is 17.2 Å². The highest BCUT2D eigenvalue weighted by molar-refractivity contribution is 8.10. The van der Waals surface area contributed by atoms with Gasteiger partial charge < -0.3 is 4.74 Å². The van der Waals surface area contributed by atoms with E-state index in [2.05, 4.69) is 37.0 Å². The van der Waals surface area contributed by atoms with Crippen molar-refractivity contribution >= 4 is 29.3 Å². The van der Waals surface area contributed by atoms with E-state index in [4.69, 9.17) is 4.74 Å². The molecule has 4 aliphatic rings. The number of hydrazone groups is 1. The minimum absolute atomic E-state index is 0.179. The minimum atomic E-state index is -0.623. The van der Waals surface area contributed by atoms with E-state index in [-0.39, 0.29) is 18.4 Å². The Morgan fingerprint density at radius 2 is 2.11 bits per heavy atom. The summed E-state index contributed by atoms with van der Waals surface area (Å²) in [6.45, 7) is 2.12. The number of carbonyl (C=O) groups is 1. The third-order valence-electron chi connectivity index (χ3n) is 7.65. The molecule has 14 heteroatoms. The van der Waals surface area contributed by atoms with Crippen molar-refractivity contribution in [1.29, 1.82) is 5.26 Å². The molecule has 1 saturated carbocycles. The van der Waals surface area contributed by atoms with Crippen LogP contribution in [0.4, 0.5) is 14.9 Å². The highest BCUT2D eigenvalue weighted by atomic mass is 32.2. The maximum absolute atomic E-state index is 15.2. The number of hydrogen-bond donors (Lipinski definition) is 1. The van der Waals surface area contributed by atoms with Crippen molar-refractivity contribution in [2.24, 2.45) is 16.9 Å². The number of benzene rings is 1. The van der Waals surface area contributed by atoms with Gasteiger partial charge in [0.25, 0.3) is 0 Å². The van der Waals surface area contributed by atoms with Gasteiger partial charge in [-0.25, -0.2) is 24.4 Å². The van der Waals surface area contributed by atoms with Gasteiger partial charge >= 0.3 is 6.09 Å². The highest BCUT2D eigenvalue weighted by Gasteiger charge is 2.71. The number of nitriles is 1. The minimum Gasteiger partial charge on any atom is -0.442 e. The van der Waals surface area contributed by atoms with E-state index in [1.165, 1.54) is 22.9 Å². The smallest absolute Gasteiger partial charge is 0.414 e. The molecule has 0 bridgehead atoms. The Bertz CT molecular complexity index is 1440. The third kappa shape index (κ3) is 3.62. The van der Waals surface area contributed by atoms with Crippen LogP contribution in [0.5, 0.6) is 0 Å². The number of aromatic nitrogens is 4. The number of hydrazine groups is 2. The molecule has 1 N–H and O–H groups in total. The van der Waals surface area contributed by atoms with E-state index in [1.807, 2.05) is 10.6 Å². The van der Waals surface area contributed by atoms with Gasteiger partial charge in [-0.3, -0.25) is 9.88 Å². The lowest BCUT2D eigenvalue weighted by atomic mass is 9.95. The molecule has 3 fully saturated rings. The van der Waals surface area contributed by atoms with Gasteiger partial charge in [0.1, 0.15) is 17.3 Å². The molecule has 3 aromatic rings. The van der Waals surface area contributed by atoms with Gasteiger partial charge in [0, 0.05) is 60.4 Å². The summed E-state index contributed by atoms with van der Waals surface area (Å²) in [5.74, 6) is -0.117. The number of hydrogen-bond acceptors (Lipinski definition) is 11. The van der Waals surface area contributed by atoms with Crippen molar-refractivity contribution in [2.45, 2.75) is 18.1 Å². The summed E-state index contributed by atoms with van der Waals surface area (Å²) in [7, 11) is 0. The number of carbonyl (C=O) groups excluding carboxylic acids is 1. The molecule has 7 rings (SSSR count). The fourth-order valence-corrected chi connectivity index (χ4v) is 6.27. The lowest BCUT2D eigenvalue weighted by molar-refractivity contribution is 0.0415. The summed E-state index contributed by atoms with van der Waals surface area (Å²) in [4.78, 5) is 18.4. The quantitative estimate of drug-likeness (QED) is 0.472. The normalized spacial score (nSPS) is 28.3.